The minimum atomic E-state index is -0.146. The highest BCUT2D eigenvalue weighted by Crippen LogP contribution is 2.20. The Morgan fingerprint density at radius 1 is 1.20 bits per heavy atom. The zero-order valence-corrected chi connectivity index (χ0v) is 13.0. The van der Waals surface area contributed by atoms with E-state index in [1.807, 2.05) is 47.0 Å². The van der Waals surface area contributed by atoms with Crippen LogP contribution in [0.5, 0.6) is 0 Å². The molecule has 1 unspecified atom stereocenters. The molecule has 1 fully saturated rings. The molecule has 3 nitrogen and oxygen atoms in total. The van der Waals surface area contributed by atoms with Crippen LogP contribution < -0.4 is 5.32 Å². The molecule has 110 valence electrons. The first kappa shape index (κ1) is 15.4. The number of carbonyl (C=O) groups excluding carboxylic acids is 1. The van der Waals surface area contributed by atoms with Gasteiger partial charge < -0.3 is 4.90 Å². The van der Waals surface area contributed by atoms with Crippen molar-refractivity contribution in [3.63, 3.8) is 0 Å². The van der Waals surface area contributed by atoms with E-state index >= 15 is 0 Å². The van der Waals surface area contributed by atoms with E-state index in [1.54, 1.807) is 0 Å². The van der Waals surface area contributed by atoms with E-state index in [4.69, 9.17) is 0 Å². The topological polar surface area (TPSA) is 32.3 Å². The Morgan fingerprint density at radius 2 is 1.95 bits per heavy atom. The Balaban J connectivity index is 1.72. The third kappa shape index (κ3) is 4.25. The summed E-state index contributed by atoms with van der Waals surface area (Å²) in [5.74, 6) is 1.47. The maximum atomic E-state index is 12.3. The number of nitrogens with zero attached hydrogens (tertiary/aromatic N) is 1. The van der Waals surface area contributed by atoms with Gasteiger partial charge in [0.25, 0.3) is 0 Å². The third-order valence-electron chi connectivity index (χ3n) is 3.70. The van der Waals surface area contributed by atoms with E-state index in [1.165, 1.54) is 25.0 Å². The molecule has 1 aromatic rings. The summed E-state index contributed by atoms with van der Waals surface area (Å²) in [6.07, 6.45) is 7.06. The summed E-state index contributed by atoms with van der Waals surface area (Å²) in [6, 6.07) is 9.84. The highest BCUT2D eigenvalue weighted by Gasteiger charge is 2.31. The summed E-state index contributed by atoms with van der Waals surface area (Å²) in [5.41, 5.74) is 1.07. The van der Waals surface area contributed by atoms with Gasteiger partial charge in [0.15, 0.2) is 0 Å². The van der Waals surface area contributed by atoms with Crippen molar-refractivity contribution in [2.45, 2.75) is 31.7 Å². The molecule has 0 saturated carbocycles. The lowest BCUT2D eigenvalue weighted by Crippen LogP contribution is -2.27. The molecular weight excluding hydrogens is 268 g/mol. The number of unbranched alkanes of at least 4 members (excludes halogenated alkanes) is 3. The number of nitrogens with one attached hydrogen (secondary N) is 1. The van der Waals surface area contributed by atoms with E-state index < -0.39 is 0 Å². The van der Waals surface area contributed by atoms with Crippen molar-refractivity contribution in [3.05, 3.63) is 35.9 Å². The van der Waals surface area contributed by atoms with Gasteiger partial charge in [0, 0.05) is 6.54 Å². The zero-order valence-electron chi connectivity index (χ0n) is 12.2. The Hall–Kier alpha value is -1.00. The number of hydrogen-bond donors (Lipinski definition) is 1. The average Bonchev–Trinajstić information content (AvgIpc) is 2.85. The molecule has 4 heteroatoms. The van der Waals surface area contributed by atoms with Gasteiger partial charge in [0.1, 0.15) is 6.04 Å². The molecule has 1 amide bonds. The second-order valence-electron chi connectivity index (χ2n) is 5.21. The lowest BCUT2D eigenvalue weighted by molar-refractivity contribution is -0.129. The van der Waals surface area contributed by atoms with E-state index in [9.17, 15) is 4.79 Å². The van der Waals surface area contributed by atoms with Crippen LogP contribution >= 0.6 is 11.8 Å². The number of rotatable bonds is 8. The highest BCUT2D eigenvalue weighted by molar-refractivity contribution is 7.98. The number of thioether (sulfide) groups is 1. The molecule has 20 heavy (non-hydrogen) atoms. The molecular formula is C16H24N2OS. The van der Waals surface area contributed by atoms with Crippen molar-refractivity contribution in [2.75, 3.05) is 25.2 Å². The average molecular weight is 292 g/mol. The van der Waals surface area contributed by atoms with Crippen LogP contribution in [0.25, 0.3) is 0 Å². The third-order valence-corrected chi connectivity index (χ3v) is 4.40. The van der Waals surface area contributed by atoms with Gasteiger partial charge in [0.05, 0.1) is 6.67 Å². The molecule has 0 spiro atoms. The van der Waals surface area contributed by atoms with Crippen molar-refractivity contribution in [3.8, 4) is 0 Å². The monoisotopic (exact) mass is 292 g/mol. The predicted octanol–water partition coefficient (Wildman–Crippen LogP) is 3.04. The van der Waals surface area contributed by atoms with Crippen LogP contribution in [0.4, 0.5) is 0 Å². The maximum Gasteiger partial charge on any atom is 0.245 e. The van der Waals surface area contributed by atoms with Crippen LogP contribution in [-0.4, -0.2) is 36.0 Å². The minimum absolute atomic E-state index is 0.146. The number of hydrogen-bond acceptors (Lipinski definition) is 3. The number of carbonyl (C=O) groups is 1. The van der Waals surface area contributed by atoms with Gasteiger partial charge in [-0.2, -0.15) is 11.8 Å². The molecule has 1 aliphatic rings. The maximum absolute atomic E-state index is 12.3. The van der Waals surface area contributed by atoms with E-state index in [-0.39, 0.29) is 11.9 Å². The molecule has 0 aliphatic carbocycles. The van der Waals surface area contributed by atoms with Gasteiger partial charge in [-0.1, -0.05) is 43.2 Å². The van der Waals surface area contributed by atoms with Gasteiger partial charge in [-0.25, -0.2) is 0 Å². The fraction of sp³-hybridized carbons (Fsp3) is 0.562. The summed E-state index contributed by atoms with van der Waals surface area (Å²) in [5, 5.41) is 3.31. The Bertz CT molecular complexity index is 410. The van der Waals surface area contributed by atoms with Gasteiger partial charge in [-0.3, -0.25) is 10.1 Å². The van der Waals surface area contributed by atoms with Gasteiger partial charge in [-0.15, -0.1) is 0 Å². The highest BCUT2D eigenvalue weighted by atomic mass is 32.2. The summed E-state index contributed by atoms with van der Waals surface area (Å²) in [4.78, 5) is 14.3. The Kier molecular flexibility index (Phi) is 6.40. The normalized spacial score (nSPS) is 18.8. The van der Waals surface area contributed by atoms with Crippen LogP contribution in [0.3, 0.4) is 0 Å². The zero-order chi connectivity index (χ0) is 14.2. The fourth-order valence-corrected chi connectivity index (χ4v) is 3.04. The first-order valence-electron chi connectivity index (χ1n) is 7.39. The lowest BCUT2D eigenvalue weighted by Gasteiger charge is -2.15. The summed E-state index contributed by atoms with van der Waals surface area (Å²) in [6.45, 7) is 1.57. The van der Waals surface area contributed by atoms with Gasteiger partial charge in [-0.05, 0) is 30.4 Å². The number of benzene rings is 1. The van der Waals surface area contributed by atoms with Crippen molar-refractivity contribution in [1.82, 2.24) is 10.2 Å². The Morgan fingerprint density at radius 3 is 2.70 bits per heavy atom. The van der Waals surface area contributed by atoms with Crippen LogP contribution in [-0.2, 0) is 4.79 Å². The second kappa shape index (κ2) is 8.32. The van der Waals surface area contributed by atoms with Crippen LogP contribution in [0, 0.1) is 0 Å². The molecule has 2 rings (SSSR count). The van der Waals surface area contributed by atoms with E-state index in [0.29, 0.717) is 6.67 Å². The van der Waals surface area contributed by atoms with E-state index in [2.05, 4.69) is 11.6 Å². The van der Waals surface area contributed by atoms with Crippen molar-refractivity contribution >= 4 is 17.7 Å². The first-order chi connectivity index (χ1) is 9.83. The largest absolute Gasteiger partial charge is 0.328 e. The quantitative estimate of drug-likeness (QED) is 0.748. The summed E-state index contributed by atoms with van der Waals surface area (Å²) >= 11 is 1.91. The smallest absolute Gasteiger partial charge is 0.245 e. The molecule has 1 aliphatic heterocycles. The molecule has 1 aromatic carbocycles. The molecule has 1 N–H and O–H groups in total. The van der Waals surface area contributed by atoms with Gasteiger partial charge in [0.2, 0.25) is 5.91 Å². The van der Waals surface area contributed by atoms with Crippen LogP contribution in [0.2, 0.25) is 0 Å². The summed E-state index contributed by atoms with van der Waals surface area (Å²) < 4.78 is 0. The fourth-order valence-electron chi connectivity index (χ4n) is 2.55. The van der Waals surface area contributed by atoms with Crippen molar-refractivity contribution in [1.29, 1.82) is 0 Å². The molecule has 1 saturated heterocycles. The van der Waals surface area contributed by atoms with E-state index in [0.717, 1.165) is 18.5 Å². The van der Waals surface area contributed by atoms with Crippen molar-refractivity contribution < 1.29 is 4.79 Å². The predicted molar refractivity (Wildman–Crippen MR) is 85.7 cm³/mol. The summed E-state index contributed by atoms with van der Waals surface area (Å²) in [7, 11) is 0. The molecule has 1 atom stereocenters. The van der Waals surface area contributed by atoms with Crippen LogP contribution in [0.15, 0.2) is 30.3 Å². The molecule has 0 bridgehead atoms. The SMILES string of the molecule is CSCCCCCCN1CNC(c2ccccc2)C1=O. The molecule has 0 radical (unpaired) electrons. The van der Waals surface area contributed by atoms with Crippen LogP contribution in [0.1, 0.15) is 37.3 Å². The Labute approximate surface area is 126 Å². The molecule has 1 heterocycles. The molecule has 0 aromatic heterocycles. The second-order valence-corrected chi connectivity index (χ2v) is 6.20. The minimum Gasteiger partial charge on any atom is -0.328 e. The van der Waals surface area contributed by atoms with Crippen molar-refractivity contribution in [2.24, 2.45) is 0 Å². The number of amides is 1. The van der Waals surface area contributed by atoms with Gasteiger partial charge >= 0.3 is 0 Å². The standard InChI is InChI=1S/C16H24N2OS/c1-20-12-8-3-2-7-11-18-13-17-15(16(18)19)14-9-5-4-6-10-14/h4-6,9-10,15,17H,2-3,7-8,11-13H2,1H3. The lowest BCUT2D eigenvalue weighted by atomic mass is 10.1. The first-order valence-corrected chi connectivity index (χ1v) is 8.78.